The Morgan fingerprint density at radius 1 is 1.40 bits per heavy atom. The maximum absolute atomic E-state index is 12.1. The van der Waals surface area contributed by atoms with Crippen LogP contribution in [-0.2, 0) is 4.74 Å². The first-order valence-electron chi connectivity index (χ1n) is 8.66. The molecule has 25 heavy (non-hydrogen) atoms. The van der Waals surface area contributed by atoms with Crippen LogP contribution < -0.4 is 10.6 Å². The van der Waals surface area contributed by atoms with E-state index in [4.69, 9.17) is 4.74 Å². The van der Waals surface area contributed by atoms with Gasteiger partial charge in [0.25, 0.3) is 0 Å². The topological polar surface area (TPSA) is 87.9 Å². The molecular formula is C18H26N4O3. The van der Waals surface area contributed by atoms with Gasteiger partial charge in [-0.25, -0.2) is 9.78 Å². The van der Waals surface area contributed by atoms with Crippen molar-refractivity contribution in [3.05, 3.63) is 24.7 Å². The van der Waals surface area contributed by atoms with E-state index in [0.29, 0.717) is 11.3 Å². The Morgan fingerprint density at radius 3 is 2.76 bits per heavy atom. The Morgan fingerprint density at radius 2 is 2.12 bits per heavy atom. The standard InChI is InChI=1S/C18H26N4O3/c1-17(2,3)25-16(24)20-14-10-13(11-22-9-8-19-15(14)22)21-18(12-23)6-4-5-7-18/h8-11,21,23H,4-7,12H2,1-3H3,(H,20,24). The van der Waals surface area contributed by atoms with Crippen LogP contribution in [0.1, 0.15) is 46.5 Å². The van der Waals surface area contributed by atoms with Crippen molar-refractivity contribution >= 4 is 23.1 Å². The zero-order valence-electron chi connectivity index (χ0n) is 15.0. The molecule has 7 heteroatoms. The van der Waals surface area contributed by atoms with Gasteiger partial charge in [0.2, 0.25) is 0 Å². The molecule has 0 bridgehead atoms. The number of carbonyl (C=O) groups is 1. The van der Waals surface area contributed by atoms with Crippen LogP contribution in [0.5, 0.6) is 0 Å². The lowest BCUT2D eigenvalue weighted by atomic mass is 9.98. The number of hydrogen-bond donors (Lipinski definition) is 3. The first-order valence-corrected chi connectivity index (χ1v) is 8.66. The van der Waals surface area contributed by atoms with Gasteiger partial charge in [-0.05, 0) is 39.7 Å². The van der Waals surface area contributed by atoms with Crippen molar-refractivity contribution in [2.24, 2.45) is 0 Å². The molecule has 136 valence electrons. The SMILES string of the molecule is CC(C)(C)OC(=O)Nc1cc(NC2(CO)CCCC2)cn2ccnc12. The van der Waals surface area contributed by atoms with Gasteiger partial charge in [-0.1, -0.05) is 12.8 Å². The fourth-order valence-corrected chi connectivity index (χ4v) is 3.29. The molecule has 3 N–H and O–H groups in total. The molecule has 1 saturated carbocycles. The number of imidazole rings is 1. The first kappa shape index (κ1) is 17.5. The second kappa shape index (κ2) is 6.55. The molecule has 1 fully saturated rings. The summed E-state index contributed by atoms with van der Waals surface area (Å²) in [4.78, 5) is 16.4. The minimum absolute atomic E-state index is 0.0871. The highest BCUT2D eigenvalue weighted by Crippen LogP contribution is 2.34. The molecule has 2 heterocycles. The highest BCUT2D eigenvalue weighted by molar-refractivity contribution is 5.90. The molecule has 0 atom stereocenters. The third-order valence-electron chi connectivity index (χ3n) is 4.40. The molecule has 0 aliphatic heterocycles. The van der Waals surface area contributed by atoms with Crippen LogP contribution in [0.3, 0.4) is 0 Å². The Hall–Kier alpha value is -2.28. The predicted molar refractivity (Wildman–Crippen MR) is 97.0 cm³/mol. The van der Waals surface area contributed by atoms with Gasteiger partial charge < -0.3 is 19.6 Å². The molecular weight excluding hydrogens is 320 g/mol. The summed E-state index contributed by atoms with van der Waals surface area (Å²) >= 11 is 0. The lowest BCUT2D eigenvalue weighted by molar-refractivity contribution is 0.0636. The lowest BCUT2D eigenvalue weighted by Gasteiger charge is -2.29. The number of aliphatic hydroxyl groups is 1. The highest BCUT2D eigenvalue weighted by atomic mass is 16.6. The number of fused-ring (bicyclic) bond motifs is 1. The fourth-order valence-electron chi connectivity index (χ4n) is 3.29. The number of nitrogens with one attached hydrogen (secondary N) is 2. The van der Waals surface area contributed by atoms with Crippen LogP contribution in [0.2, 0.25) is 0 Å². The fraction of sp³-hybridized carbons (Fsp3) is 0.556. The molecule has 2 aromatic rings. The zero-order chi connectivity index (χ0) is 18.1. The maximum Gasteiger partial charge on any atom is 0.412 e. The normalized spacial score (nSPS) is 16.8. The molecule has 0 radical (unpaired) electrons. The number of hydrogen-bond acceptors (Lipinski definition) is 5. The van der Waals surface area contributed by atoms with E-state index in [-0.39, 0.29) is 12.1 Å². The molecule has 2 aromatic heterocycles. The summed E-state index contributed by atoms with van der Waals surface area (Å²) in [6.45, 7) is 5.55. The summed E-state index contributed by atoms with van der Waals surface area (Å²) in [5.41, 5.74) is 1.16. The lowest BCUT2D eigenvalue weighted by Crippen LogP contribution is -2.39. The van der Waals surface area contributed by atoms with Crippen LogP contribution in [0.25, 0.3) is 5.65 Å². The molecule has 1 aliphatic rings. The minimum Gasteiger partial charge on any atom is -0.444 e. The van der Waals surface area contributed by atoms with E-state index < -0.39 is 11.7 Å². The summed E-state index contributed by atoms with van der Waals surface area (Å²) in [5, 5.41) is 16.1. The number of aromatic nitrogens is 2. The monoisotopic (exact) mass is 346 g/mol. The van der Waals surface area contributed by atoms with Crippen molar-refractivity contribution < 1.29 is 14.6 Å². The summed E-state index contributed by atoms with van der Waals surface area (Å²) in [6, 6.07) is 1.84. The van der Waals surface area contributed by atoms with Gasteiger partial charge in [0, 0.05) is 18.6 Å². The second-order valence-corrected chi connectivity index (χ2v) is 7.70. The molecule has 0 spiro atoms. The van der Waals surface area contributed by atoms with Gasteiger partial charge in [-0.15, -0.1) is 0 Å². The number of carbonyl (C=O) groups excluding carboxylic acids is 1. The number of amides is 1. The van der Waals surface area contributed by atoms with Crippen LogP contribution in [0, 0.1) is 0 Å². The third-order valence-corrected chi connectivity index (χ3v) is 4.40. The molecule has 1 amide bonds. The Bertz CT molecular complexity index is 757. The number of nitrogens with zero attached hydrogens (tertiary/aromatic N) is 2. The molecule has 1 aliphatic carbocycles. The van der Waals surface area contributed by atoms with Crippen LogP contribution >= 0.6 is 0 Å². The number of anilines is 2. The average Bonchev–Trinajstić information content (AvgIpc) is 3.15. The average molecular weight is 346 g/mol. The van der Waals surface area contributed by atoms with Crippen molar-refractivity contribution in [2.75, 3.05) is 17.2 Å². The number of aliphatic hydroxyl groups excluding tert-OH is 1. The number of pyridine rings is 1. The molecule has 7 nitrogen and oxygen atoms in total. The molecule has 0 unspecified atom stereocenters. The summed E-state index contributed by atoms with van der Waals surface area (Å²) in [6.07, 6.45) is 8.96. The van der Waals surface area contributed by atoms with Gasteiger partial charge >= 0.3 is 6.09 Å². The van der Waals surface area contributed by atoms with E-state index in [2.05, 4.69) is 15.6 Å². The van der Waals surface area contributed by atoms with Gasteiger partial charge in [-0.3, -0.25) is 5.32 Å². The Labute approximate surface area is 147 Å². The summed E-state index contributed by atoms with van der Waals surface area (Å²) in [7, 11) is 0. The summed E-state index contributed by atoms with van der Waals surface area (Å²) < 4.78 is 7.18. The third kappa shape index (κ3) is 4.04. The van der Waals surface area contributed by atoms with Crippen molar-refractivity contribution in [3.8, 4) is 0 Å². The summed E-state index contributed by atoms with van der Waals surface area (Å²) in [5.74, 6) is 0. The first-order chi connectivity index (χ1) is 11.8. The van der Waals surface area contributed by atoms with Crippen molar-refractivity contribution in [3.63, 3.8) is 0 Å². The molecule has 0 saturated heterocycles. The van der Waals surface area contributed by atoms with Crippen LogP contribution in [0.15, 0.2) is 24.7 Å². The van der Waals surface area contributed by atoms with E-state index in [1.165, 1.54) is 0 Å². The Balaban J connectivity index is 1.87. The van der Waals surface area contributed by atoms with E-state index in [0.717, 1.165) is 31.4 Å². The molecule has 3 rings (SSSR count). The van der Waals surface area contributed by atoms with Gasteiger partial charge in [-0.2, -0.15) is 0 Å². The van der Waals surface area contributed by atoms with Gasteiger partial charge in [0.15, 0.2) is 5.65 Å². The van der Waals surface area contributed by atoms with E-state index in [1.807, 2.05) is 43.6 Å². The predicted octanol–water partition coefficient (Wildman–Crippen LogP) is 3.40. The van der Waals surface area contributed by atoms with E-state index in [1.54, 1.807) is 6.20 Å². The minimum atomic E-state index is -0.573. The largest absolute Gasteiger partial charge is 0.444 e. The van der Waals surface area contributed by atoms with Crippen molar-refractivity contribution in [1.82, 2.24) is 9.38 Å². The van der Waals surface area contributed by atoms with Crippen LogP contribution in [-0.4, -0.2) is 38.3 Å². The van der Waals surface area contributed by atoms with E-state index >= 15 is 0 Å². The van der Waals surface area contributed by atoms with Crippen LogP contribution in [0.4, 0.5) is 16.2 Å². The smallest absolute Gasteiger partial charge is 0.412 e. The quantitative estimate of drug-likeness (QED) is 0.790. The van der Waals surface area contributed by atoms with Gasteiger partial charge in [0.05, 0.1) is 23.5 Å². The number of rotatable bonds is 4. The second-order valence-electron chi connectivity index (χ2n) is 7.70. The van der Waals surface area contributed by atoms with Gasteiger partial charge in [0.1, 0.15) is 5.60 Å². The highest BCUT2D eigenvalue weighted by Gasteiger charge is 2.33. The van der Waals surface area contributed by atoms with Crippen molar-refractivity contribution in [2.45, 2.75) is 57.6 Å². The zero-order valence-corrected chi connectivity index (χ0v) is 15.0. The Kier molecular flexibility index (Phi) is 4.60. The maximum atomic E-state index is 12.1. The number of ether oxygens (including phenoxy) is 1. The molecule has 0 aromatic carbocycles. The van der Waals surface area contributed by atoms with Crippen molar-refractivity contribution in [1.29, 1.82) is 0 Å². The van der Waals surface area contributed by atoms with E-state index in [9.17, 15) is 9.90 Å².